The Morgan fingerprint density at radius 2 is 2.39 bits per heavy atom. The minimum Gasteiger partial charge on any atom is -0.441 e. The maximum absolute atomic E-state index is 11.9. The molecule has 1 saturated heterocycles. The number of hydrogen-bond acceptors (Lipinski definition) is 4. The van der Waals surface area contributed by atoms with Gasteiger partial charge in [-0.2, -0.15) is 0 Å². The average Bonchev–Trinajstić information content (AvgIpc) is 2.95. The summed E-state index contributed by atoms with van der Waals surface area (Å²) in [7, 11) is 0. The van der Waals surface area contributed by atoms with Crippen molar-refractivity contribution in [3.8, 4) is 0 Å². The Hall–Kier alpha value is -1.88. The second-order valence-corrected chi connectivity index (χ2v) is 4.41. The summed E-state index contributed by atoms with van der Waals surface area (Å²) in [4.78, 5) is 16.1. The van der Waals surface area contributed by atoms with Crippen molar-refractivity contribution < 1.29 is 13.9 Å². The number of aromatic nitrogens is 1. The fourth-order valence-electron chi connectivity index (χ4n) is 2.12. The van der Waals surface area contributed by atoms with Crippen LogP contribution in [0.5, 0.6) is 0 Å². The second-order valence-electron chi connectivity index (χ2n) is 4.41. The van der Waals surface area contributed by atoms with E-state index < -0.39 is 0 Å². The minimum atomic E-state index is -0.322. The first-order valence-electron chi connectivity index (χ1n) is 6.02. The van der Waals surface area contributed by atoms with Gasteiger partial charge in [0, 0.05) is 25.3 Å². The van der Waals surface area contributed by atoms with Crippen molar-refractivity contribution in [3.63, 3.8) is 0 Å². The van der Waals surface area contributed by atoms with E-state index in [1.165, 1.54) is 0 Å². The van der Waals surface area contributed by atoms with Crippen LogP contribution in [0.2, 0.25) is 0 Å². The molecule has 5 heteroatoms. The highest BCUT2D eigenvalue weighted by atomic mass is 16.5. The van der Waals surface area contributed by atoms with Crippen LogP contribution in [-0.4, -0.2) is 23.6 Å². The van der Waals surface area contributed by atoms with Crippen molar-refractivity contribution in [2.24, 2.45) is 0 Å². The topological polar surface area (TPSA) is 64.4 Å². The SMILES string of the molecule is Cc1nc2ccc(NC(=O)C3CCCO3)cc2o1. The molecule has 94 valence electrons. The van der Waals surface area contributed by atoms with E-state index in [1.807, 2.05) is 12.1 Å². The Morgan fingerprint density at radius 1 is 1.50 bits per heavy atom. The van der Waals surface area contributed by atoms with Gasteiger partial charge in [0.05, 0.1) is 0 Å². The standard InChI is InChI=1S/C13H14N2O3/c1-8-14-10-5-4-9(7-12(10)18-8)15-13(16)11-3-2-6-17-11/h4-5,7,11H,2-3,6H2,1H3,(H,15,16). The number of hydrogen-bond donors (Lipinski definition) is 1. The summed E-state index contributed by atoms with van der Waals surface area (Å²) in [5.41, 5.74) is 2.18. The molecule has 1 aromatic heterocycles. The number of aryl methyl sites for hydroxylation is 1. The number of benzene rings is 1. The number of anilines is 1. The summed E-state index contributed by atoms with van der Waals surface area (Å²) in [6.45, 7) is 2.46. The molecule has 2 heterocycles. The lowest BCUT2D eigenvalue weighted by atomic mass is 10.2. The van der Waals surface area contributed by atoms with Gasteiger partial charge >= 0.3 is 0 Å². The monoisotopic (exact) mass is 246 g/mol. The molecule has 0 aliphatic carbocycles. The summed E-state index contributed by atoms with van der Waals surface area (Å²) in [5, 5.41) is 2.83. The molecule has 2 aromatic rings. The zero-order valence-electron chi connectivity index (χ0n) is 10.1. The van der Waals surface area contributed by atoms with E-state index in [-0.39, 0.29) is 12.0 Å². The van der Waals surface area contributed by atoms with Crippen molar-refractivity contribution >= 4 is 22.7 Å². The Morgan fingerprint density at radius 3 is 3.17 bits per heavy atom. The van der Waals surface area contributed by atoms with Gasteiger partial charge in [0.1, 0.15) is 11.6 Å². The molecule has 5 nitrogen and oxygen atoms in total. The van der Waals surface area contributed by atoms with Crippen LogP contribution < -0.4 is 5.32 Å². The smallest absolute Gasteiger partial charge is 0.253 e. The van der Waals surface area contributed by atoms with Crippen molar-refractivity contribution in [2.75, 3.05) is 11.9 Å². The molecule has 1 aliphatic rings. The van der Waals surface area contributed by atoms with Gasteiger partial charge in [0.25, 0.3) is 5.91 Å². The average molecular weight is 246 g/mol. The van der Waals surface area contributed by atoms with Gasteiger partial charge in [0.2, 0.25) is 0 Å². The summed E-state index contributed by atoms with van der Waals surface area (Å²) in [6.07, 6.45) is 1.41. The van der Waals surface area contributed by atoms with E-state index in [0.29, 0.717) is 23.8 Å². The van der Waals surface area contributed by atoms with E-state index in [1.54, 1.807) is 13.0 Å². The fraction of sp³-hybridized carbons (Fsp3) is 0.385. The van der Waals surface area contributed by atoms with E-state index in [2.05, 4.69) is 10.3 Å². The Labute approximate surface area is 104 Å². The first kappa shape index (κ1) is 11.2. The van der Waals surface area contributed by atoms with Crippen molar-refractivity contribution in [2.45, 2.75) is 25.9 Å². The minimum absolute atomic E-state index is 0.0944. The fourth-order valence-corrected chi connectivity index (χ4v) is 2.12. The maximum Gasteiger partial charge on any atom is 0.253 e. The van der Waals surface area contributed by atoms with Gasteiger partial charge in [-0.3, -0.25) is 4.79 Å². The van der Waals surface area contributed by atoms with Crippen LogP contribution in [0, 0.1) is 6.92 Å². The zero-order valence-corrected chi connectivity index (χ0v) is 10.1. The third-order valence-corrected chi connectivity index (χ3v) is 2.99. The Bertz CT molecular complexity index is 585. The van der Waals surface area contributed by atoms with E-state index in [9.17, 15) is 4.79 Å². The van der Waals surface area contributed by atoms with Gasteiger partial charge in [-0.05, 0) is 25.0 Å². The van der Waals surface area contributed by atoms with Crippen LogP contribution in [0.4, 0.5) is 5.69 Å². The molecule has 3 rings (SSSR count). The molecular formula is C13H14N2O3. The highest BCUT2D eigenvalue weighted by Gasteiger charge is 2.23. The highest BCUT2D eigenvalue weighted by Crippen LogP contribution is 2.21. The second kappa shape index (κ2) is 4.42. The number of nitrogens with one attached hydrogen (secondary N) is 1. The van der Waals surface area contributed by atoms with Crippen molar-refractivity contribution in [3.05, 3.63) is 24.1 Å². The number of carbonyl (C=O) groups excluding carboxylic acids is 1. The molecule has 0 bridgehead atoms. The van der Waals surface area contributed by atoms with Gasteiger partial charge in [-0.25, -0.2) is 4.98 Å². The number of amides is 1. The quantitative estimate of drug-likeness (QED) is 0.882. The molecule has 0 radical (unpaired) electrons. The summed E-state index contributed by atoms with van der Waals surface area (Å²) in [5.74, 6) is 0.524. The molecule has 0 saturated carbocycles. The predicted octanol–water partition coefficient (Wildman–Crippen LogP) is 2.25. The first-order chi connectivity index (χ1) is 8.72. The normalized spacial score (nSPS) is 19.3. The van der Waals surface area contributed by atoms with Crippen LogP contribution in [0.3, 0.4) is 0 Å². The molecule has 1 unspecified atom stereocenters. The van der Waals surface area contributed by atoms with Crippen LogP contribution in [-0.2, 0) is 9.53 Å². The number of carbonyl (C=O) groups is 1. The van der Waals surface area contributed by atoms with Gasteiger partial charge in [0.15, 0.2) is 11.5 Å². The molecule has 1 fully saturated rings. The van der Waals surface area contributed by atoms with E-state index in [0.717, 1.165) is 18.4 Å². The lowest BCUT2D eigenvalue weighted by molar-refractivity contribution is -0.124. The van der Waals surface area contributed by atoms with E-state index in [4.69, 9.17) is 9.15 Å². The predicted molar refractivity (Wildman–Crippen MR) is 66.3 cm³/mol. The first-order valence-corrected chi connectivity index (χ1v) is 6.02. The van der Waals surface area contributed by atoms with Crippen LogP contribution in [0.15, 0.2) is 22.6 Å². The molecule has 1 atom stereocenters. The van der Waals surface area contributed by atoms with Gasteiger partial charge < -0.3 is 14.5 Å². The van der Waals surface area contributed by atoms with Crippen molar-refractivity contribution in [1.82, 2.24) is 4.98 Å². The molecule has 18 heavy (non-hydrogen) atoms. The molecule has 1 amide bonds. The van der Waals surface area contributed by atoms with Crippen molar-refractivity contribution in [1.29, 1.82) is 0 Å². The number of oxazole rings is 1. The summed E-state index contributed by atoms with van der Waals surface area (Å²) >= 11 is 0. The van der Waals surface area contributed by atoms with Crippen LogP contribution >= 0.6 is 0 Å². The molecule has 0 spiro atoms. The lowest BCUT2D eigenvalue weighted by Gasteiger charge is -2.09. The Kier molecular flexibility index (Phi) is 2.76. The largest absolute Gasteiger partial charge is 0.441 e. The van der Waals surface area contributed by atoms with Crippen LogP contribution in [0.1, 0.15) is 18.7 Å². The number of fused-ring (bicyclic) bond motifs is 1. The van der Waals surface area contributed by atoms with Gasteiger partial charge in [-0.1, -0.05) is 0 Å². The number of nitrogens with zero attached hydrogens (tertiary/aromatic N) is 1. The molecular weight excluding hydrogens is 232 g/mol. The van der Waals surface area contributed by atoms with E-state index >= 15 is 0 Å². The van der Waals surface area contributed by atoms with Crippen LogP contribution in [0.25, 0.3) is 11.1 Å². The summed E-state index contributed by atoms with van der Waals surface area (Å²) in [6, 6.07) is 5.43. The maximum atomic E-state index is 11.9. The Balaban J connectivity index is 1.79. The number of ether oxygens (including phenoxy) is 1. The third-order valence-electron chi connectivity index (χ3n) is 2.99. The highest BCUT2D eigenvalue weighted by molar-refractivity contribution is 5.95. The molecule has 1 N–H and O–H groups in total. The molecule has 1 aromatic carbocycles. The zero-order chi connectivity index (χ0) is 12.5. The summed E-state index contributed by atoms with van der Waals surface area (Å²) < 4.78 is 10.8. The number of rotatable bonds is 2. The van der Waals surface area contributed by atoms with Gasteiger partial charge in [-0.15, -0.1) is 0 Å². The third kappa shape index (κ3) is 2.09. The lowest BCUT2D eigenvalue weighted by Crippen LogP contribution is -2.26. The molecule has 1 aliphatic heterocycles.